The summed E-state index contributed by atoms with van der Waals surface area (Å²) in [5, 5.41) is 0. The molecule has 0 aliphatic heterocycles. The van der Waals surface area contributed by atoms with E-state index in [0.717, 1.165) is 32.1 Å². The minimum atomic E-state index is -5.56. The van der Waals surface area contributed by atoms with Crippen LogP contribution in [0.2, 0.25) is 0 Å². The van der Waals surface area contributed by atoms with Gasteiger partial charge in [0.1, 0.15) is 0 Å². The van der Waals surface area contributed by atoms with Gasteiger partial charge in [-0.15, -0.1) is 0 Å². The molecule has 0 saturated carbocycles. The molecule has 0 fully saturated rings. The Morgan fingerprint density at radius 1 is 0.810 bits per heavy atom. The summed E-state index contributed by atoms with van der Waals surface area (Å²) < 4.78 is 28.5. The predicted octanol–water partition coefficient (Wildman–Crippen LogP) is -7.92. The molecule has 0 aliphatic carbocycles. The molecule has 0 N–H and O–H groups in total. The second-order valence-electron chi connectivity index (χ2n) is 3.93. The van der Waals surface area contributed by atoms with Crippen molar-refractivity contribution < 1.29 is 121 Å². The fraction of sp³-hybridized carbons (Fsp3) is 1.00. The summed E-state index contributed by atoms with van der Waals surface area (Å²) in [6, 6.07) is 0. The van der Waals surface area contributed by atoms with E-state index in [2.05, 4.69) is 15.8 Å². The maximum absolute atomic E-state index is 10.8. The first-order valence-electron chi connectivity index (χ1n) is 5.96. The van der Waals surface area contributed by atoms with Crippen molar-refractivity contribution in [2.24, 2.45) is 0 Å². The maximum atomic E-state index is 10.8. The van der Waals surface area contributed by atoms with Crippen LogP contribution in [-0.2, 0) is 18.0 Å². The van der Waals surface area contributed by atoms with Gasteiger partial charge in [0.2, 0.25) is 0 Å². The van der Waals surface area contributed by atoms with Gasteiger partial charge in [-0.3, -0.25) is 8.88 Å². The van der Waals surface area contributed by atoms with Crippen LogP contribution in [0.15, 0.2) is 0 Å². The van der Waals surface area contributed by atoms with E-state index in [1.807, 2.05) is 0 Å². The van der Waals surface area contributed by atoms with Crippen molar-refractivity contribution in [2.45, 2.75) is 51.9 Å². The second kappa shape index (κ2) is 18.1. The number of hydrogen-bond acceptors (Lipinski definition) is 7. The Morgan fingerprint density at radius 2 is 1.24 bits per heavy atom. The van der Waals surface area contributed by atoms with E-state index in [1.165, 1.54) is 6.42 Å². The number of rotatable bonds is 11. The summed E-state index contributed by atoms with van der Waals surface area (Å²) in [5.41, 5.74) is 0. The summed E-state index contributed by atoms with van der Waals surface area (Å²) in [5.74, 6) is 0. The van der Waals surface area contributed by atoms with E-state index in [0.29, 0.717) is 6.42 Å². The van der Waals surface area contributed by atoms with Crippen LogP contribution >= 0.6 is 15.6 Å². The summed E-state index contributed by atoms with van der Waals surface area (Å²) in [7, 11) is -10.6. The van der Waals surface area contributed by atoms with Gasteiger partial charge in [0.25, 0.3) is 7.82 Å². The largest absolute Gasteiger partial charge is 1.00 e. The monoisotopic (exact) mass is 370 g/mol. The molecule has 0 bridgehead atoms. The van der Waals surface area contributed by atoms with Crippen LogP contribution in [0, 0.1) is 0 Å². The number of phosphoric ester groups is 1. The van der Waals surface area contributed by atoms with Crippen LogP contribution in [0.4, 0.5) is 0 Å². The molecule has 0 radical (unpaired) electrons. The third kappa shape index (κ3) is 25.6. The molecule has 0 aromatic rings. The zero-order chi connectivity index (χ0) is 14.1. The Hall–Kier alpha value is 3.26. The molecule has 12 heteroatoms. The van der Waals surface area contributed by atoms with Gasteiger partial charge in [-0.05, 0) is 6.42 Å². The van der Waals surface area contributed by atoms with Gasteiger partial charge in [0.05, 0.1) is 14.4 Å². The van der Waals surface area contributed by atoms with E-state index < -0.39 is 15.6 Å². The number of hydrogen-bond donors (Lipinski definition) is 0. The van der Waals surface area contributed by atoms with E-state index in [1.54, 1.807) is 0 Å². The van der Waals surface area contributed by atoms with Crippen LogP contribution in [0.3, 0.4) is 0 Å². The molecular weight excluding hydrogens is 351 g/mol. The first kappa shape index (κ1) is 32.0. The average molecular weight is 370 g/mol. The summed E-state index contributed by atoms with van der Waals surface area (Å²) in [6.45, 7) is 1.94. The standard InChI is InChI=1S/C9H22O7P2.3Na/c1-2-3-4-5-6-7-8-9-15-18(13,14)16-17(10,11)12;;;/h2-9H2,1H3,(H,13,14)(H2,10,11,12);;;/q;3*+1/p-3. The third-order valence-electron chi connectivity index (χ3n) is 2.20. The summed E-state index contributed by atoms with van der Waals surface area (Å²) in [6.07, 6.45) is 6.80. The minimum Gasteiger partial charge on any atom is -0.790 e. The zero-order valence-corrected chi connectivity index (χ0v) is 21.2. The number of unbranched alkanes of at least 4 members (excludes halogenated alkanes) is 6. The van der Waals surface area contributed by atoms with E-state index in [9.17, 15) is 23.8 Å². The molecule has 0 aromatic heterocycles. The SMILES string of the molecule is CCCCCCCCCOP(=O)([O-])OP(=O)([O-])[O-].[Na+].[Na+].[Na+]. The van der Waals surface area contributed by atoms with Gasteiger partial charge >= 0.3 is 88.7 Å². The predicted molar refractivity (Wildman–Crippen MR) is 60.2 cm³/mol. The normalized spacial score (nSPS) is 13.3. The third-order valence-corrected chi connectivity index (χ3v) is 4.30. The summed E-state index contributed by atoms with van der Waals surface area (Å²) in [4.78, 5) is 31.0. The van der Waals surface area contributed by atoms with Crippen LogP contribution in [0.5, 0.6) is 0 Å². The van der Waals surface area contributed by atoms with Crippen molar-refractivity contribution in [3.05, 3.63) is 0 Å². The molecule has 0 aliphatic rings. The quantitative estimate of drug-likeness (QED) is 0.201. The van der Waals surface area contributed by atoms with Crippen molar-refractivity contribution in [3.63, 3.8) is 0 Å². The number of phosphoric acid groups is 2. The molecule has 0 saturated heterocycles. The topological polar surface area (TPSA) is 122 Å². The molecule has 7 nitrogen and oxygen atoms in total. The average Bonchev–Trinajstić information content (AvgIpc) is 2.18. The first-order chi connectivity index (χ1) is 8.27. The van der Waals surface area contributed by atoms with Gasteiger partial charge in [-0.25, -0.2) is 0 Å². The Kier molecular flexibility index (Phi) is 27.5. The molecule has 21 heavy (non-hydrogen) atoms. The van der Waals surface area contributed by atoms with E-state index in [-0.39, 0.29) is 95.3 Å². The smallest absolute Gasteiger partial charge is 0.790 e. The molecule has 0 aromatic carbocycles. The molecule has 0 spiro atoms. The maximum Gasteiger partial charge on any atom is 1.00 e. The fourth-order valence-corrected chi connectivity index (χ4v) is 2.90. The van der Waals surface area contributed by atoms with Crippen LogP contribution in [-0.4, -0.2) is 6.61 Å². The van der Waals surface area contributed by atoms with Crippen molar-refractivity contribution in [1.29, 1.82) is 0 Å². The van der Waals surface area contributed by atoms with Crippen LogP contribution in [0.25, 0.3) is 0 Å². The fourth-order valence-electron chi connectivity index (χ4n) is 1.38. The van der Waals surface area contributed by atoms with Gasteiger partial charge in [-0.1, -0.05) is 45.4 Å². The van der Waals surface area contributed by atoms with Crippen molar-refractivity contribution in [3.8, 4) is 0 Å². The van der Waals surface area contributed by atoms with Gasteiger partial charge in [0.15, 0.2) is 0 Å². The van der Waals surface area contributed by atoms with Gasteiger partial charge in [-0.2, -0.15) is 0 Å². The Balaban J connectivity index is -0.000000482. The Bertz CT molecular complexity index is 314. The molecular formula is C9H19Na3O7P2. The minimum absolute atomic E-state index is 0. The molecule has 0 amide bonds. The van der Waals surface area contributed by atoms with Gasteiger partial charge in [0, 0.05) is 0 Å². The Labute approximate surface area is 193 Å². The zero-order valence-electron chi connectivity index (χ0n) is 13.4. The van der Waals surface area contributed by atoms with Crippen LogP contribution in [0.1, 0.15) is 51.9 Å². The van der Waals surface area contributed by atoms with E-state index in [4.69, 9.17) is 0 Å². The first-order valence-corrected chi connectivity index (χ1v) is 8.88. The van der Waals surface area contributed by atoms with E-state index >= 15 is 0 Å². The van der Waals surface area contributed by atoms with Gasteiger partial charge < -0.3 is 23.8 Å². The molecule has 1 unspecified atom stereocenters. The molecule has 110 valence electrons. The molecule has 1 atom stereocenters. The Morgan fingerprint density at radius 3 is 1.67 bits per heavy atom. The molecule has 0 heterocycles. The van der Waals surface area contributed by atoms with Crippen molar-refractivity contribution in [1.82, 2.24) is 0 Å². The second-order valence-corrected chi connectivity index (χ2v) is 6.63. The van der Waals surface area contributed by atoms with Crippen molar-refractivity contribution >= 4 is 15.6 Å². The van der Waals surface area contributed by atoms with Crippen molar-refractivity contribution in [2.75, 3.05) is 6.61 Å². The molecule has 0 rings (SSSR count). The summed E-state index contributed by atoms with van der Waals surface area (Å²) >= 11 is 0. The van der Waals surface area contributed by atoms with Crippen LogP contribution < -0.4 is 103 Å².